The molecule has 158 valence electrons. The summed E-state index contributed by atoms with van der Waals surface area (Å²) in [6.45, 7) is 6.52. The Morgan fingerprint density at radius 2 is 1.72 bits per heavy atom. The maximum absolute atomic E-state index is 5.42. The second kappa shape index (κ2) is 12.7. The van der Waals surface area contributed by atoms with Gasteiger partial charge in [-0.2, -0.15) is 0 Å². The highest BCUT2D eigenvalue weighted by Gasteiger charge is 2.11. The molecule has 1 saturated heterocycles. The number of rotatable bonds is 7. The molecule has 1 unspecified atom stereocenters. The lowest BCUT2D eigenvalue weighted by molar-refractivity contribution is 0.122. The van der Waals surface area contributed by atoms with Crippen LogP contribution < -0.4 is 15.5 Å². The SMILES string of the molecule is CN=C(NCc1ccc(N2CCOCC2)cc1)NC(C)CCc1ccccc1.I. The largest absolute Gasteiger partial charge is 0.378 e. The molecule has 2 N–H and O–H groups in total. The van der Waals surface area contributed by atoms with Gasteiger partial charge in [0.25, 0.3) is 0 Å². The Morgan fingerprint density at radius 1 is 1.03 bits per heavy atom. The normalized spacial score (nSPS) is 15.4. The van der Waals surface area contributed by atoms with E-state index in [-0.39, 0.29) is 24.0 Å². The first-order valence-corrected chi connectivity index (χ1v) is 10.2. The Morgan fingerprint density at radius 3 is 2.38 bits per heavy atom. The predicted octanol–water partition coefficient (Wildman–Crippen LogP) is 3.83. The number of hydrogen-bond acceptors (Lipinski definition) is 3. The maximum atomic E-state index is 5.42. The molecule has 0 aliphatic carbocycles. The average molecular weight is 508 g/mol. The number of aliphatic imine (C=N–C) groups is 1. The van der Waals surface area contributed by atoms with Crippen LogP contribution in [0, 0.1) is 0 Å². The molecule has 0 amide bonds. The van der Waals surface area contributed by atoms with E-state index < -0.39 is 0 Å². The molecule has 1 fully saturated rings. The minimum atomic E-state index is 0. The quantitative estimate of drug-likeness (QED) is 0.339. The average Bonchev–Trinajstić information content (AvgIpc) is 2.77. The first kappa shape index (κ1) is 23.5. The molecule has 6 heteroatoms. The van der Waals surface area contributed by atoms with Gasteiger partial charge in [0.15, 0.2) is 5.96 Å². The van der Waals surface area contributed by atoms with Crippen LogP contribution in [0.1, 0.15) is 24.5 Å². The molecule has 0 aromatic heterocycles. The van der Waals surface area contributed by atoms with Crippen LogP contribution in [0.5, 0.6) is 0 Å². The van der Waals surface area contributed by atoms with Gasteiger partial charge in [0.05, 0.1) is 13.2 Å². The van der Waals surface area contributed by atoms with Crippen LogP contribution in [-0.2, 0) is 17.7 Å². The Bertz CT molecular complexity index is 730. The van der Waals surface area contributed by atoms with Gasteiger partial charge >= 0.3 is 0 Å². The van der Waals surface area contributed by atoms with Crippen LogP contribution in [-0.4, -0.2) is 45.4 Å². The molecule has 1 atom stereocenters. The number of ether oxygens (including phenoxy) is 1. The molecule has 2 aromatic carbocycles. The highest BCUT2D eigenvalue weighted by molar-refractivity contribution is 14.0. The van der Waals surface area contributed by atoms with Gasteiger partial charge in [-0.1, -0.05) is 42.5 Å². The van der Waals surface area contributed by atoms with Gasteiger partial charge < -0.3 is 20.3 Å². The lowest BCUT2D eigenvalue weighted by Gasteiger charge is -2.29. The van der Waals surface area contributed by atoms with Gasteiger partial charge in [0.1, 0.15) is 0 Å². The fourth-order valence-electron chi connectivity index (χ4n) is 3.36. The molecule has 0 bridgehead atoms. The summed E-state index contributed by atoms with van der Waals surface area (Å²) in [5, 5.41) is 6.91. The summed E-state index contributed by atoms with van der Waals surface area (Å²) >= 11 is 0. The van der Waals surface area contributed by atoms with Gasteiger partial charge in [-0.05, 0) is 43.0 Å². The van der Waals surface area contributed by atoms with Crippen molar-refractivity contribution in [1.29, 1.82) is 0 Å². The second-order valence-corrected chi connectivity index (χ2v) is 7.26. The van der Waals surface area contributed by atoms with E-state index in [2.05, 4.69) is 82.0 Å². The Balaban J connectivity index is 0.00000300. The number of hydrogen-bond donors (Lipinski definition) is 2. The molecule has 5 nitrogen and oxygen atoms in total. The summed E-state index contributed by atoms with van der Waals surface area (Å²) in [6, 6.07) is 19.7. The molecule has 3 rings (SSSR count). The highest BCUT2D eigenvalue weighted by atomic mass is 127. The van der Waals surface area contributed by atoms with E-state index in [1.807, 2.05) is 7.05 Å². The third-order valence-corrected chi connectivity index (χ3v) is 5.09. The topological polar surface area (TPSA) is 48.9 Å². The second-order valence-electron chi connectivity index (χ2n) is 7.26. The first-order valence-electron chi connectivity index (χ1n) is 10.2. The smallest absolute Gasteiger partial charge is 0.191 e. The van der Waals surface area contributed by atoms with Gasteiger partial charge in [0, 0.05) is 38.4 Å². The summed E-state index contributed by atoms with van der Waals surface area (Å²) in [7, 11) is 1.82. The Hall–Kier alpha value is -1.80. The van der Waals surface area contributed by atoms with Crippen LogP contribution in [0.15, 0.2) is 59.6 Å². The number of morpholine rings is 1. The highest BCUT2D eigenvalue weighted by Crippen LogP contribution is 2.16. The molecule has 0 saturated carbocycles. The molecule has 0 spiro atoms. The maximum Gasteiger partial charge on any atom is 0.191 e. The lowest BCUT2D eigenvalue weighted by Crippen LogP contribution is -2.42. The van der Waals surface area contributed by atoms with Crippen LogP contribution in [0.2, 0.25) is 0 Å². The van der Waals surface area contributed by atoms with Crippen molar-refractivity contribution < 1.29 is 4.74 Å². The van der Waals surface area contributed by atoms with Crippen LogP contribution in [0.25, 0.3) is 0 Å². The van der Waals surface area contributed by atoms with E-state index in [0.29, 0.717) is 6.04 Å². The van der Waals surface area contributed by atoms with Gasteiger partial charge in [-0.25, -0.2) is 0 Å². The Kier molecular flexibility index (Phi) is 10.3. The van der Waals surface area contributed by atoms with Crippen molar-refractivity contribution in [1.82, 2.24) is 10.6 Å². The molecule has 2 aromatic rings. The molecule has 29 heavy (non-hydrogen) atoms. The monoisotopic (exact) mass is 508 g/mol. The molecule has 0 radical (unpaired) electrons. The number of nitrogens with zero attached hydrogens (tertiary/aromatic N) is 2. The van der Waals surface area contributed by atoms with Gasteiger partial charge in [-0.3, -0.25) is 4.99 Å². The fourth-order valence-corrected chi connectivity index (χ4v) is 3.36. The van der Waals surface area contributed by atoms with Crippen molar-refractivity contribution in [2.24, 2.45) is 4.99 Å². The van der Waals surface area contributed by atoms with Crippen molar-refractivity contribution >= 4 is 35.6 Å². The molecule has 1 aliphatic rings. The summed E-state index contributed by atoms with van der Waals surface area (Å²) in [5.74, 6) is 0.845. The summed E-state index contributed by atoms with van der Waals surface area (Å²) in [4.78, 5) is 6.73. The number of benzene rings is 2. The third-order valence-electron chi connectivity index (χ3n) is 5.09. The van der Waals surface area contributed by atoms with Gasteiger partial charge in [0.2, 0.25) is 0 Å². The van der Waals surface area contributed by atoms with Crippen molar-refractivity contribution in [3.05, 3.63) is 65.7 Å². The Labute approximate surface area is 192 Å². The van der Waals surface area contributed by atoms with E-state index in [1.54, 1.807) is 0 Å². The summed E-state index contributed by atoms with van der Waals surface area (Å²) in [6.07, 6.45) is 2.13. The van der Waals surface area contributed by atoms with Crippen molar-refractivity contribution in [3.8, 4) is 0 Å². The first-order chi connectivity index (χ1) is 13.7. The van der Waals surface area contributed by atoms with E-state index in [1.165, 1.54) is 16.8 Å². The standard InChI is InChI=1S/C23H32N4O.HI/c1-19(8-9-20-6-4-3-5-7-20)26-23(24-2)25-18-21-10-12-22(13-11-21)27-14-16-28-17-15-27;/h3-7,10-13,19H,8-9,14-18H2,1-2H3,(H2,24,25,26);1H. The predicted molar refractivity (Wildman–Crippen MR) is 132 cm³/mol. The van der Waals surface area contributed by atoms with Crippen molar-refractivity contribution in [2.45, 2.75) is 32.4 Å². The number of guanidine groups is 1. The number of aryl methyl sites for hydroxylation is 1. The number of nitrogens with one attached hydrogen (secondary N) is 2. The van der Waals surface area contributed by atoms with Gasteiger partial charge in [-0.15, -0.1) is 24.0 Å². The van der Waals surface area contributed by atoms with Crippen LogP contribution in [0.4, 0.5) is 5.69 Å². The fraction of sp³-hybridized carbons (Fsp3) is 0.435. The molecule has 1 heterocycles. The molecular formula is C23H33IN4O. The lowest BCUT2D eigenvalue weighted by atomic mass is 10.1. The van der Waals surface area contributed by atoms with Crippen LogP contribution in [0.3, 0.4) is 0 Å². The summed E-state index contributed by atoms with van der Waals surface area (Å²) in [5.41, 5.74) is 3.89. The zero-order valence-electron chi connectivity index (χ0n) is 17.4. The minimum Gasteiger partial charge on any atom is -0.378 e. The zero-order chi connectivity index (χ0) is 19.6. The zero-order valence-corrected chi connectivity index (χ0v) is 19.8. The third kappa shape index (κ3) is 7.85. The summed E-state index contributed by atoms with van der Waals surface area (Å²) < 4.78 is 5.42. The number of halogens is 1. The number of anilines is 1. The van der Waals surface area contributed by atoms with Crippen molar-refractivity contribution in [3.63, 3.8) is 0 Å². The van der Waals surface area contributed by atoms with E-state index in [9.17, 15) is 0 Å². The molecule has 1 aliphatic heterocycles. The molecular weight excluding hydrogens is 475 g/mol. The van der Waals surface area contributed by atoms with Crippen LogP contribution >= 0.6 is 24.0 Å². The minimum absolute atomic E-state index is 0. The van der Waals surface area contributed by atoms with E-state index >= 15 is 0 Å². The van der Waals surface area contributed by atoms with Crippen molar-refractivity contribution in [2.75, 3.05) is 38.3 Å². The van der Waals surface area contributed by atoms with E-state index in [4.69, 9.17) is 4.74 Å². The van der Waals surface area contributed by atoms with E-state index in [0.717, 1.165) is 51.6 Å².